The molecular formula is C46H86NO8P. The number of carbonyl (C=O) groups is 2. The van der Waals surface area contributed by atoms with Gasteiger partial charge in [-0.1, -0.05) is 166 Å². The van der Waals surface area contributed by atoms with Crippen LogP contribution < -0.4 is 4.89 Å². The number of quaternary nitrogens is 1. The molecule has 10 heteroatoms. The first-order valence-electron chi connectivity index (χ1n) is 22.7. The molecule has 0 aliphatic heterocycles. The highest BCUT2D eigenvalue weighted by atomic mass is 31.2. The van der Waals surface area contributed by atoms with E-state index in [1.807, 2.05) is 21.1 Å². The van der Waals surface area contributed by atoms with Crippen LogP contribution in [0, 0.1) is 0 Å². The third kappa shape index (κ3) is 41.9. The van der Waals surface area contributed by atoms with E-state index < -0.39 is 26.5 Å². The van der Waals surface area contributed by atoms with Crippen LogP contribution in [-0.2, 0) is 32.7 Å². The average molecular weight is 812 g/mol. The monoisotopic (exact) mass is 812 g/mol. The van der Waals surface area contributed by atoms with Crippen molar-refractivity contribution in [2.45, 2.75) is 200 Å². The van der Waals surface area contributed by atoms with E-state index in [4.69, 9.17) is 18.5 Å². The molecule has 0 rings (SSSR count). The Morgan fingerprint density at radius 3 is 1.46 bits per heavy atom. The lowest BCUT2D eigenvalue weighted by Crippen LogP contribution is -2.37. The number of hydrogen-bond acceptors (Lipinski definition) is 8. The van der Waals surface area contributed by atoms with Crippen molar-refractivity contribution in [1.29, 1.82) is 0 Å². The average Bonchev–Trinajstić information content (AvgIpc) is 3.15. The Kier molecular flexibility index (Phi) is 37.5. The second-order valence-electron chi connectivity index (χ2n) is 16.4. The van der Waals surface area contributed by atoms with Crippen molar-refractivity contribution in [3.8, 4) is 0 Å². The van der Waals surface area contributed by atoms with Crippen LogP contribution in [0.2, 0.25) is 0 Å². The number of likely N-dealkylation sites (N-methyl/N-ethyl adjacent to an activating group) is 1. The standard InChI is InChI=1S/C46H86NO8P/c1-6-8-10-12-14-16-18-20-21-22-23-24-25-27-29-31-33-35-37-39-46(49)55-44(43-54-56(50,51)53-41-40-47(3,4)5)42-52-45(48)38-36-34-32-30-28-26-19-17-15-13-11-9-7-2/h14,16,20-21,23-24,44H,6-13,15,17-19,22,25-43H2,1-5H3/b16-14-,21-20-,24-23-. The molecule has 328 valence electrons. The number of hydrogen-bond donors (Lipinski definition) is 0. The van der Waals surface area contributed by atoms with Crippen LogP contribution in [0.3, 0.4) is 0 Å². The molecule has 0 aromatic carbocycles. The molecule has 0 aromatic heterocycles. The van der Waals surface area contributed by atoms with Crippen molar-refractivity contribution in [3.63, 3.8) is 0 Å². The topological polar surface area (TPSA) is 111 Å². The molecule has 0 bridgehead atoms. The highest BCUT2D eigenvalue weighted by molar-refractivity contribution is 7.45. The Morgan fingerprint density at radius 1 is 0.554 bits per heavy atom. The summed E-state index contributed by atoms with van der Waals surface area (Å²) in [4.78, 5) is 37.5. The van der Waals surface area contributed by atoms with Gasteiger partial charge in [-0.25, -0.2) is 0 Å². The van der Waals surface area contributed by atoms with Crippen LogP contribution in [0.15, 0.2) is 36.5 Å². The summed E-state index contributed by atoms with van der Waals surface area (Å²) in [6.07, 6.45) is 43.0. The molecule has 0 aliphatic rings. The van der Waals surface area contributed by atoms with Gasteiger partial charge < -0.3 is 27.9 Å². The highest BCUT2D eigenvalue weighted by Gasteiger charge is 2.21. The summed E-state index contributed by atoms with van der Waals surface area (Å²) in [5, 5.41) is 0. The van der Waals surface area contributed by atoms with Gasteiger partial charge in [-0.05, 0) is 51.4 Å². The van der Waals surface area contributed by atoms with Crippen molar-refractivity contribution < 1.29 is 42.1 Å². The molecule has 56 heavy (non-hydrogen) atoms. The molecule has 2 unspecified atom stereocenters. The highest BCUT2D eigenvalue weighted by Crippen LogP contribution is 2.38. The molecule has 0 aromatic rings. The van der Waals surface area contributed by atoms with Gasteiger partial charge in [-0.15, -0.1) is 0 Å². The van der Waals surface area contributed by atoms with E-state index >= 15 is 0 Å². The number of nitrogens with zero attached hydrogens (tertiary/aromatic N) is 1. The van der Waals surface area contributed by atoms with Gasteiger partial charge in [-0.3, -0.25) is 14.2 Å². The molecule has 0 spiro atoms. The number of carbonyl (C=O) groups excluding carboxylic acids is 2. The third-order valence-corrected chi connectivity index (χ3v) is 10.6. The number of phosphoric ester groups is 1. The van der Waals surface area contributed by atoms with Crippen LogP contribution in [0.4, 0.5) is 0 Å². The Labute approximate surface area is 344 Å². The lowest BCUT2D eigenvalue weighted by atomic mass is 10.0. The smallest absolute Gasteiger partial charge is 0.306 e. The van der Waals surface area contributed by atoms with E-state index in [0.29, 0.717) is 17.4 Å². The minimum absolute atomic E-state index is 0.0330. The summed E-state index contributed by atoms with van der Waals surface area (Å²) in [6.45, 7) is 4.19. The Morgan fingerprint density at radius 2 is 0.964 bits per heavy atom. The van der Waals surface area contributed by atoms with Gasteiger partial charge >= 0.3 is 11.9 Å². The molecular weight excluding hydrogens is 725 g/mol. The van der Waals surface area contributed by atoms with Gasteiger partial charge in [0.2, 0.25) is 0 Å². The fourth-order valence-electron chi connectivity index (χ4n) is 6.07. The summed E-state index contributed by atoms with van der Waals surface area (Å²) in [7, 11) is 1.16. The summed E-state index contributed by atoms with van der Waals surface area (Å²) >= 11 is 0. The van der Waals surface area contributed by atoms with Gasteiger partial charge in [0.05, 0.1) is 27.7 Å². The first-order chi connectivity index (χ1) is 27.0. The number of esters is 2. The van der Waals surface area contributed by atoms with Crippen molar-refractivity contribution >= 4 is 19.8 Å². The number of unbranched alkanes of at least 4 members (excludes halogenated alkanes) is 21. The maximum atomic E-state index is 12.7. The Hall–Kier alpha value is -1.77. The first kappa shape index (κ1) is 54.2. The molecule has 0 saturated heterocycles. The molecule has 0 aliphatic carbocycles. The van der Waals surface area contributed by atoms with Crippen LogP contribution in [0.25, 0.3) is 0 Å². The molecule has 9 nitrogen and oxygen atoms in total. The van der Waals surface area contributed by atoms with Gasteiger partial charge in [0.25, 0.3) is 7.82 Å². The summed E-state index contributed by atoms with van der Waals surface area (Å²) in [6, 6.07) is 0. The zero-order chi connectivity index (χ0) is 41.4. The zero-order valence-electron chi connectivity index (χ0n) is 36.8. The van der Waals surface area contributed by atoms with Gasteiger partial charge in [-0.2, -0.15) is 0 Å². The maximum Gasteiger partial charge on any atom is 0.306 e. The zero-order valence-corrected chi connectivity index (χ0v) is 37.7. The predicted octanol–water partition coefficient (Wildman–Crippen LogP) is 12.3. The van der Waals surface area contributed by atoms with E-state index in [9.17, 15) is 19.0 Å². The summed E-state index contributed by atoms with van der Waals surface area (Å²) < 4.78 is 33.9. The summed E-state index contributed by atoms with van der Waals surface area (Å²) in [5.74, 6) is -0.845. The van der Waals surface area contributed by atoms with Crippen molar-refractivity contribution in [2.75, 3.05) is 47.5 Å². The Bertz CT molecular complexity index is 1050. The van der Waals surface area contributed by atoms with Crippen molar-refractivity contribution in [2.24, 2.45) is 0 Å². The number of rotatable bonds is 41. The van der Waals surface area contributed by atoms with Gasteiger partial charge in [0.15, 0.2) is 6.10 Å². The minimum atomic E-state index is -4.63. The summed E-state index contributed by atoms with van der Waals surface area (Å²) in [5.41, 5.74) is 0. The van der Waals surface area contributed by atoms with Crippen LogP contribution in [0.1, 0.15) is 194 Å². The minimum Gasteiger partial charge on any atom is -0.756 e. The fourth-order valence-corrected chi connectivity index (χ4v) is 6.80. The van der Waals surface area contributed by atoms with E-state index in [2.05, 4.69) is 50.3 Å². The maximum absolute atomic E-state index is 12.7. The number of ether oxygens (including phenoxy) is 2. The lowest BCUT2D eigenvalue weighted by molar-refractivity contribution is -0.870. The largest absolute Gasteiger partial charge is 0.756 e. The van der Waals surface area contributed by atoms with Gasteiger partial charge in [0, 0.05) is 12.8 Å². The predicted molar refractivity (Wildman–Crippen MR) is 231 cm³/mol. The van der Waals surface area contributed by atoms with Crippen molar-refractivity contribution in [3.05, 3.63) is 36.5 Å². The van der Waals surface area contributed by atoms with Crippen LogP contribution in [0.5, 0.6) is 0 Å². The fraction of sp³-hybridized carbons (Fsp3) is 0.826. The lowest BCUT2D eigenvalue weighted by Gasteiger charge is -2.28. The number of allylic oxidation sites excluding steroid dienone is 6. The van der Waals surface area contributed by atoms with E-state index in [1.54, 1.807) is 0 Å². The van der Waals surface area contributed by atoms with Gasteiger partial charge in [0.1, 0.15) is 19.8 Å². The molecule has 0 amide bonds. The normalized spacial score (nSPS) is 13.9. The SMILES string of the molecule is CCCCC/C=C\C/C=C\C/C=C\CCCCCCCCC(=O)OC(COC(=O)CCCCCCCCCCCCCCC)COP(=O)([O-])OCC[N+](C)(C)C. The van der Waals surface area contributed by atoms with E-state index in [1.165, 1.54) is 89.9 Å². The van der Waals surface area contributed by atoms with Crippen LogP contribution >= 0.6 is 7.82 Å². The second-order valence-corrected chi connectivity index (χ2v) is 17.8. The third-order valence-electron chi connectivity index (χ3n) is 9.66. The molecule has 0 saturated carbocycles. The van der Waals surface area contributed by atoms with E-state index in [0.717, 1.165) is 70.6 Å². The molecule has 2 atom stereocenters. The number of phosphoric acid groups is 1. The molecule has 0 radical (unpaired) electrons. The molecule has 0 heterocycles. The molecule has 0 N–H and O–H groups in total. The van der Waals surface area contributed by atoms with Crippen LogP contribution in [-0.4, -0.2) is 70.0 Å². The quantitative estimate of drug-likeness (QED) is 0.0197. The van der Waals surface area contributed by atoms with Crippen molar-refractivity contribution in [1.82, 2.24) is 0 Å². The molecule has 0 fully saturated rings. The van der Waals surface area contributed by atoms with E-state index in [-0.39, 0.29) is 32.0 Å². The first-order valence-corrected chi connectivity index (χ1v) is 24.2. The Balaban J connectivity index is 4.35. The second kappa shape index (κ2) is 38.7.